The summed E-state index contributed by atoms with van der Waals surface area (Å²) in [6.07, 6.45) is -3.29. The summed E-state index contributed by atoms with van der Waals surface area (Å²) in [5, 5.41) is 72.9. The molecule has 4 aromatic carbocycles. The standard InChI is InChI=1S/C30H24O10/c31-15-5-1-13(2-6-15)28-22(37)11-18-19(34)12-21(36)25(30(18)40-28)26-27(38)24-20(35)9-17(33)10-23(24)39-29(26)14-3-7-16(32)8-4-14/h1-10,12,22,26,28-29,31-37H,11H2/t22-,26+,28-,29+/m1/s1. The Morgan fingerprint density at radius 1 is 0.650 bits per heavy atom. The van der Waals surface area contributed by atoms with Crippen LogP contribution in [-0.2, 0) is 6.42 Å². The molecule has 10 heteroatoms. The van der Waals surface area contributed by atoms with Gasteiger partial charge in [-0.2, -0.15) is 0 Å². The summed E-state index contributed by atoms with van der Waals surface area (Å²) in [4.78, 5) is 14.1. The van der Waals surface area contributed by atoms with E-state index in [9.17, 15) is 40.5 Å². The SMILES string of the molecule is O=C1c2c(O)cc(O)cc2O[C@@H](c2ccc(O)cc2)[C@H]1c1c(O)cc(O)c2c1O[C@H](c1ccc(O)cc1)[C@H](O)C2. The number of fused-ring (bicyclic) bond motifs is 2. The number of carbonyl (C=O) groups excluding carboxylic acids is 1. The van der Waals surface area contributed by atoms with Crippen LogP contribution >= 0.6 is 0 Å². The van der Waals surface area contributed by atoms with Crippen LogP contribution in [0, 0.1) is 0 Å². The minimum Gasteiger partial charge on any atom is -0.508 e. The van der Waals surface area contributed by atoms with Gasteiger partial charge in [-0.1, -0.05) is 24.3 Å². The fourth-order valence-electron chi connectivity index (χ4n) is 5.43. The molecule has 40 heavy (non-hydrogen) atoms. The maximum atomic E-state index is 14.1. The highest BCUT2D eigenvalue weighted by atomic mass is 16.5. The van der Waals surface area contributed by atoms with E-state index in [-0.39, 0.29) is 57.6 Å². The highest BCUT2D eigenvalue weighted by molar-refractivity contribution is 6.07. The van der Waals surface area contributed by atoms with Gasteiger partial charge >= 0.3 is 0 Å². The molecular weight excluding hydrogens is 520 g/mol. The van der Waals surface area contributed by atoms with E-state index in [1.54, 1.807) is 12.1 Å². The second-order valence-corrected chi connectivity index (χ2v) is 9.85. The molecule has 0 aliphatic carbocycles. The fourth-order valence-corrected chi connectivity index (χ4v) is 5.43. The molecule has 4 aromatic rings. The summed E-state index contributed by atoms with van der Waals surface area (Å²) in [7, 11) is 0. The third-order valence-corrected chi connectivity index (χ3v) is 7.29. The third kappa shape index (κ3) is 4.05. The van der Waals surface area contributed by atoms with E-state index in [4.69, 9.17) is 9.47 Å². The van der Waals surface area contributed by atoms with Crippen molar-refractivity contribution in [2.45, 2.75) is 30.7 Å². The molecule has 2 aliphatic rings. The Labute approximate surface area is 227 Å². The Morgan fingerprint density at radius 2 is 1.25 bits per heavy atom. The molecule has 6 rings (SSSR count). The number of hydrogen-bond acceptors (Lipinski definition) is 10. The highest BCUT2D eigenvalue weighted by Gasteiger charge is 2.46. The molecule has 0 saturated heterocycles. The van der Waals surface area contributed by atoms with Gasteiger partial charge in [-0.3, -0.25) is 4.79 Å². The molecule has 0 radical (unpaired) electrons. The molecule has 0 amide bonds. The molecule has 4 atom stereocenters. The van der Waals surface area contributed by atoms with Crippen LogP contribution in [0.25, 0.3) is 0 Å². The lowest BCUT2D eigenvalue weighted by atomic mass is 9.78. The number of aliphatic hydroxyl groups excluding tert-OH is 1. The first-order valence-electron chi connectivity index (χ1n) is 12.4. The van der Waals surface area contributed by atoms with Crippen molar-refractivity contribution in [3.63, 3.8) is 0 Å². The van der Waals surface area contributed by atoms with Gasteiger partial charge in [0.1, 0.15) is 63.8 Å². The van der Waals surface area contributed by atoms with E-state index < -0.39 is 41.5 Å². The lowest BCUT2D eigenvalue weighted by Crippen LogP contribution is -2.34. The summed E-state index contributed by atoms with van der Waals surface area (Å²) >= 11 is 0. The number of benzene rings is 4. The molecule has 10 nitrogen and oxygen atoms in total. The first-order chi connectivity index (χ1) is 19.1. The number of ketones is 1. The molecule has 0 aromatic heterocycles. The highest BCUT2D eigenvalue weighted by Crippen LogP contribution is 2.55. The maximum absolute atomic E-state index is 14.1. The quantitative estimate of drug-likeness (QED) is 0.199. The van der Waals surface area contributed by atoms with E-state index in [1.807, 2.05) is 0 Å². The molecule has 2 aliphatic heterocycles. The van der Waals surface area contributed by atoms with Crippen molar-refractivity contribution in [1.29, 1.82) is 0 Å². The number of ether oxygens (including phenoxy) is 2. The van der Waals surface area contributed by atoms with Crippen LogP contribution < -0.4 is 9.47 Å². The van der Waals surface area contributed by atoms with Crippen LogP contribution in [0.2, 0.25) is 0 Å². The van der Waals surface area contributed by atoms with Gasteiger partial charge in [0, 0.05) is 30.2 Å². The molecule has 204 valence electrons. The first kappa shape index (κ1) is 25.2. The lowest BCUT2D eigenvalue weighted by Gasteiger charge is -2.37. The van der Waals surface area contributed by atoms with Gasteiger partial charge < -0.3 is 45.2 Å². The van der Waals surface area contributed by atoms with E-state index in [0.29, 0.717) is 11.1 Å². The Bertz CT molecular complexity index is 1630. The second-order valence-electron chi connectivity index (χ2n) is 9.85. The molecule has 0 fully saturated rings. The molecule has 0 unspecified atom stereocenters. The Morgan fingerprint density at radius 3 is 1.88 bits per heavy atom. The van der Waals surface area contributed by atoms with Gasteiger partial charge in [0.25, 0.3) is 0 Å². The monoisotopic (exact) mass is 544 g/mol. The van der Waals surface area contributed by atoms with Gasteiger partial charge in [0.2, 0.25) is 0 Å². The predicted molar refractivity (Wildman–Crippen MR) is 139 cm³/mol. The zero-order valence-corrected chi connectivity index (χ0v) is 20.7. The number of hydrogen-bond donors (Lipinski definition) is 7. The minimum absolute atomic E-state index is 0.0108. The van der Waals surface area contributed by atoms with Crippen molar-refractivity contribution < 1.29 is 50.0 Å². The van der Waals surface area contributed by atoms with Crippen LogP contribution in [0.3, 0.4) is 0 Å². The third-order valence-electron chi connectivity index (χ3n) is 7.29. The molecule has 0 spiro atoms. The Hall–Kier alpha value is -5.09. The number of Topliss-reactive ketones (excluding diaryl/α,β-unsaturated/α-hetero) is 1. The number of phenols is 6. The molecule has 2 heterocycles. The average molecular weight is 545 g/mol. The molecule has 0 bridgehead atoms. The van der Waals surface area contributed by atoms with E-state index in [0.717, 1.165) is 12.1 Å². The van der Waals surface area contributed by atoms with Crippen LogP contribution in [0.15, 0.2) is 66.7 Å². The summed E-state index contributed by atoms with van der Waals surface area (Å²) in [5.41, 5.74) is 0.837. The molecular formula is C30H24O10. The topological polar surface area (TPSA) is 177 Å². The van der Waals surface area contributed by atoms with Crippen molar-refractivity contribution in [1.82, 2.24) is 0 Å². The van der Waals surface area contributed by atoms with E-state index in [1.165, 1.54) is 42.5 Å². The van der Waals surface area contributed by atoms with E-state index in [2.05, 4.69) is 0 Å². The summed E-state index contributed by atoms with van der Waals surface area (Å²) in [6.45, 7) is 0. The van der Waals surface area contributed by atoms with Crippen molar-refractivity contribution >= 4 is 5.78 Å². The second kappa shape index (κ2) is 9.28. The fraction of sp³-hybridized carbons (Fsp3) is 0.167. The largest absolute Gasteiger partial charge is 0.508 e. The Balaban J connectivity index is 1.56. The maximum Gasteiger partial charge on any atom is 0.182 e. The van der Waals surface area contributed by atoms with Gasteiger partial charge in [-0.05, 0) is 35.4 Å². The lowest BCUT2D eigenvalue weighted by molar-refractivity contribution is 0.0179. The predicted octanol–water partition coefficient (Wildman–Crippen LogP) is 4.06. The van der Waals surface area contributed by atoms with E-state index >= 15 is 0 Å². The zero-order valence-electron chi connectivity index (χ0n) is 20.7. The number of rotatable bonds is 3. The van der Waals surface area contributed by atoms with Crippen LogP contribution in [-0.4, -0.2) is 47.6 Å². The number of carbonyl (C=O) groups is 1. The smallest absolute Gasteiger partial charge is 0.182 e. The van der Waals surface area contributed by atoms with Gasteiger partial charge in [-0.15, -0.1) is 0 Å². The van der Waals surface area contributed by atoms with Crippen LogP contribution in [0.1, 0.15) is 50.7 Å². The summed E-state index contributed by atoms with van der Waals surface area (Å²) in [5.74, 6) is -3.80. The normalized spacial score (nSPS) is 21.6. The van der Waals surface area contributed by atoms with Crippen molar-refractivity contribution in [2.24, 2.45) is 0 Å². The summed E-state index contributed by atoms with van der Waals surface area (Å²) < 4.78 is 12.4. The average Bonchev–Trinajstić information content (AvgIpc) is 2.90. The first-order valence-corrected chi connectivity index (χ1v) is 12.4. The van der Waals surface area contributed by atoms with Gasteiger partial charge in [0.15, 0.2) is 5.78 Å². The van der Waals surface area contributed by atoms with Gasteiger partial charge in [0.05, 0.1) is 17.6 Å². The minimum atomic E-state index is -1.32. The van der Waals surface area contributed by atoms with Crippen LogP contribution in [0.5, 0.6) is 46.0 Å². The summed E-state index contributed by atoms with van der Waals surface area (Å²) in [6, 6.07) is 15.1. The number of aromatic hydroxyl groups is 6. The number of aliphatic hydroxyl groups is 1. The molecule has 0 saturated carbocycles. The van der Waals surface area contributed by atoms with Crippen LogP contribution in [0.4, 0.5) is 0 Å². The van der Waals surface area contributed by atoms with Crippen molar-refractivity contribution in [2.75, 3.05) is 0 Å². The van der Waals surface area contributed by atoms with Crippen molar-refractivity contribution in [3.05, 3.63) is 94.5 Å². The van der Waals surface area contributed by atoms with Crippen molar-refractivity contribution in [3.8, 4) is 46.0 Å². The zero-order chi connectivity index (χ0) is 28.3. The van der Waals surface area contributed by atoms with Gasteiger partial charge in [-0.25, -0.2) is 0 Å². The Kier molecular flexibility index (Phi) is 5.85. The number of phenolic OH excluding ortho intramolecular Hbond substituents is 6. The molecule has 7 N–H and O–H groups in total.